The molecule has 0 fully saturated rings. The average Bonchev–Trinajstić information content (AvgIpc) is 3.06. The van der Waals surface area contributed by atoms with Crippen LogP contribution in [0, 0.1) is 18.2 Å². The zero-order chi connectivity index (χ0) is 19.8. The Hall–Kier alpha value is -3.30. The van der Waals surface area contributed by atoms with Gasteiger partial charge < -0.3 is 10.1 Å². The van der Waals surface area contributed by atoms with E-state index < -0.39 is 17.8 Å². The van der Waals surface area contributed by atoms with Gasteiger partial charge in [-0.1, -0.05) is 12.1 Å². The summed E-state index contributed by atoms with van der Waals surface area (Å²) in [5.41, 5.74) is 7.52. The van der Waals surface area contributed by atoms with E-state index in [1.807, 2.05) is 0 Å². The van der Waals surface area contributed by atoms with Crippen molar-refractivity contribution in [2.24, 2.45) is 10.7 Å². The maximum Gasteiger partial charge on any atom is 0.451 e. The Kier molecular flexibility index (Phi) is 4.64. The first-order chi connectivity index (χ1) is 12.6. The zero-order valence-electron chi connectivity index (χ0n) is 14.0. The molecule has 1 aromatic carbocycles. The zero-order valence-corrected chi connectivity index (χ0v) is 14.0. The van der Waals surface area contributed by atoms with Gasteiger partial charge in [-0.15, -0.1) is 0 Å². The van der Waals surface area contributed by atoms with Crippen LogP contribution < -0.4 is 5.73 Å². The van der Waals surface area contributed by atoms with E-state index in [9.17, 15) is 17.6 Å². The molecule has 0 saturated carbocycles. The smallest absolute Gasteiger partial charge is 0.382 e. The summed E-state index contributed by atoms with van der Waals surface area (Å²) in [5.74, 6) is -2.75. The Balaban J connectivity index is 2.03. The molecule has 0 aliphatic rings. The summed E-state index contributed by atoms with van der Waals surface area (Å²) in [7, 11) is 0. The monoisotopic (exact) mass is 378 g/mol. The minimum Gasteiger partial charge on any atom is -0.382 e. The van der Waals surface area contributed by atoms with Crippen molar-refractivity contribution >= 4 is 17.3 Å². The van der Waals surface area contributed by atoms with Crippen molar-refractivity contribution in [3.8, 4) is 0 Å². The quantitative estimate of drug-likeness (QED) is 0.417. The van der Waals surface area contributed by atoms with Gasteiger partial charge in [-0.3, -0.25) is 5.41 Å². The Morgan fingerprint density at radius 3 is 2.74 bits per heavy atom. The molecule has 3 aromatic rings. The van der Waals surface area contributed by atoms with E-state index >= 15 is 0 Å². The summed E-state index contributed by atoms with van der Waals surface area (Å²) in [6.07, 6.45) is -0.293. The predicted molar refractivity (Wildman–Crippen MR) is 91.4 cm³/mol. The van der Waals surface area contributed by atoms with Crippen molar-refractivity contribution in [2.45, 2.75) is 19.5 Å². The number of aromatic nitrogens is 3. The number of fused-ring (bicyclic) bond motifs is 1. The van der Waals surface area contributed by atoms with Crippen LogP contribution >= 0.6 is 0 Å². The molecule has 0 saturated heterocycles. The molecule has 0 atom stereocenters. The number of halogens is 4. The number of amidine groups is 2. The van der Waals surface area contributed by atoms with Crippen LogP contribution in [0.25, 0.3) is 5.65 Å². The van der Waals surface area contributed by atoms with E-state index in [1.165, 1.54) is 22.9 Å². The van der Waals surface area contributed by atoms with Crippen LogP contribution in [-0.2, 0) is 6.42 Å². The second kappa shape index (κ2) is 6.78. The molecular formula is C17H14F4N6. The summed E-state index contributed by atoms with van der Waals surface area (Å²) in [5, 5.41) is 6.95. The van der Waals surface area contributed by atoms with Crippen molar-refractivity contribution in [3.05, 3.63) is 65.1 Å². The molecule has 0 amide bonds. The largest absolute Gasteiger partial charge is 0.451 e. The highest BCUT2D eigenvalue weighted by Crippen LogP contribution is 2.18. The minimum atomic E-state index is -4.91. The van der Waals surface area contributed by atoms with Gasteiger partial charge in [0, 0.05) is 25.0 Å². The molecule has 3 rings (SSSR count). The Bertz CT molecular complexity index is 1050. The number of aryl methyl sites for hydroxylation is 1. The molecule has 10 heteroatoms. The first kappa shape index (κ1) is 18.5. The van der Waals surface area contributed by atoms with Crippen LogP contribution in [0.3, 0.4) is 0 Å². The van der Waals surface area contributed by atoms with Crippen LogP contribution in [-0.4, -0.2) is 32.2 Å². The van der Waals surface area contributed by atoms with Crippen molar-refractivity contribution in [1.82, 2.24) is 14.4 Å². The normalized spacial score (nSPS) is 12.6. The van der Waals surface area contributed by atoms with Gasteiger partial charge in [-0.25, -0.2) is 19.4 Å². The van der Waals surface area contributed by atoms with E-state index in [0.717, 1.165) is 0 Å². The van der Waals surface area contributed by atoms with Gasteiger partial charge >= 0.3 is 6.18 Å². The van der Waals surface area contributed by atoms with Gasteiger partial charge in [0.15, 0.2) is 11.5 Å². The summed E-state index contributed by atoms with van der Waals surface area (Å²) in [6, 6.07) is 4.71. The molecule has 2 heterocycles. The van der Waals surface area contributed by atoms with Crippen LogP contribution in [0.5, 0.6) is 0 Å². The lowest BCUT2D eigenvalue weighted by molar-refractivity contribution is -0.0604. The maximum absolute atomic E-state index is 13.8. The molecule has 3 N–H and O–H groups in total. The molecule has 0 unspecified atom stereocenters. The van der Waals surface area contributed by atoms with Gasteiger partial charge in [-0.05, 0) is 24.1 Å². The second-order valence-corrected chi connectivity index (χ2v) is 5.83. The molecule has 0 aliphatic heterocycles. The molecule has 2 aromatic heterocycles. The fourth-order valence-corrected chi connectivity index (χ4v) is 2.42. The molecule has 0 bridgehead atoms. The van der Waals surface area contributed by atoms with E-state index in [0.29, 0.717) is 22.5 Å². The lowest BCUT2D eigenvalue weighted by atomic mass is 10.1. The number of rotatable bonds is 3. The van der Waals surface area contributed by atoms with E-state index in [1.54, 1.807) is 25.3 Å². The number of nitrogens with zero attached hydrogens (tertiary/aromatic N) is 4. The lowest BCUT2D eigenvalue weighted by Gasteiger charge is -2.09. The van der Waals surface area contributed by atoms with Gasteiger partial charge in [0.25, 0.3) is 0 Å². The molecular weight excluding hydrogens is 364 g/mol. The highest BCUT2D eigenvalue weighted by Gasteiger charge is 2.35. The Morgan fingerprint density at radius 1 is 1.33 bits per heavy atom. The summed E-state index contributed by atoms with van der Waals surface area (Å²) in [6.45, 7) is 1.64. The number of benzene rings is 1. The fourth-order valence-electron chi connectivity index (χ4n) is 2.42. The number of hydrogen-bond acceptors (Lipinski definition) is 3. The minimum absolute atomic E-state index is 0.0444. The first-order valence-electron chi connectivity index (χ1n) is 7.73. The molecule has 140 valence electrons. The van der Waals surface area contributed by atoms with E-state index in [4.69, 9.17) is 11.1 Å². The van der Waals surface area contributed by atoms with Gasteiger partial charge in [-0.2, -0.15) is 13.2 Å². The van der Waals surface area contributed by atoms with Crippen LogP contribution in [0.1, 0.15) is 22.5 Å². The van der Waals surface area contributed by atoms with Crippen LogP contribution in [0.2, 0.25) is 0 Å². The highest BCUT2D eigenvalue weighted by molar-refractivity contribution is 6.04. The fraction of sp³-hybridized carbons (Fsp3) is 0.176. The standard InChI is InChI=1S/C17H14F4N6/c1-9-2-3-10(6-11(9)18)7-12-15-24-4-5-27(15)8-13(25-12)14(22)26-16(23)17(19,20)21/h2-6,8H,7H2,1H3,(H3,22,23,26). The number of alkyl halides is 3. The molecule has 6 nitrogen and oxygen atoms in total. The Morgan fingerprint density at radius 2 is 2.07 bits per heavy atom. The first-order valence-corrected chi connectivity index (χ1v) is 7.73. The van der Waals surface area contributed by atoms with Crippen LogP contribution in [0.15, 0.2) is 41.8 Å². The van der Waals surface area contributed by atoms with Crippen LogP contribution in [0.4, 0.5) is 17.6 Å². The number of nitrogens with two attached hydrogens (primary N) is 1. The third-order valence-electron chi connectivity index (χ3n) is 3.81. The third kappa shape index (κ3) is 3.94. The molecule has 0 spiro atoms. The SMILES string of the molecule is Cc1ccc(Cc2nc(/C(N)=N/C(=N)C(F)(F)F)cn3ccnc23)cc1F. The third-order valence-corrected chi connectivity index (χ3v) is 3.81. The summed E-state index contributed by atoms with van der Waals surface area (Å²) >= 11 is 0. The number of aliphatic imine (C=N–C) groups is 1. The maximum atomic E-state index is 13.8. The van der Waals surface area contributed by atoms with Gasteiger partial charge in [0.1, 0.15) is 11.5 Å². The number of hydrogen-bond donors (Lipinski definition) is 2. The van der Waals surface area contributed by atoms with Crippen molar-refractivity contribution in [2.75, 3.05) is 0 Å². The van der Waals surface area contributed by atoms with E-state index in [2.05, 4.69) is 15.0 Å². The van der Waals surface area contributed by atoms with Crippen molar-refractivity contribution in [1.29, 1.82) is 5.41 Å². The van der Waals surface area contributed by atoms with Crippen molar-refractivity contribution in [3.63, 3.8) is 0 Å². The molecule has 0 aliphatic carbocycles. The lowest BCUT2D eigenvalue weighted by Crippen LogP contribution is -2.25. The summed E-state index contributed by atoms with van der Waals surface area (Å²) in [4.78, 5) is 11.5. The average molecular weight is 378 g/mol. The second-order valence-electron chi connectivity index (χ2n) is 5.83. The topological polar surface area (TPSA) is 92.4 Å². The molecule has 0 radical (unpaired) electrons. The Labute approximate surface area is 150 Å². The molecule has 27 heavy (non-hydrogen) atoms. The number of nitrogens with one attached hydrogen (secondary N) is 1. The highest BCUT2D eigenvalue weighted by atomic mass is 19.4. The summed E-state index contributed by atoms with van der Waals surface area (Å²) < 4.78 is 52.8. The predicted octanol–water partition coefficient (Wildman–Crippen LogP) is 3.01. The number of imidazole rings is 1. The van der Waals surface area contributed by atoms with E-state index in [-0.39, 0.29) is 17.9 Å². The van der Waals surface area contributed by atoms with Gasteiger partial charge in [0.05, 0.1) is 5.69 Å². The van der Waals surface area contributed by atoms with Crippen molar-refractivity contribution < 1.29 is 17.6 Å². The van der Waals surface area contributed by atoms with Gasteiger partial charge in [0.2, 0.25) is 5.84 Å².